The number of ether oxygens (including phenoxy) is 1. The number of rotatable bonds is 6. The summed E-state index contributed by atoms with van der Waals surface area (Å²) < 4.78 is 5.34. The van der Waals surface area contributed by atoms with Crippen LogP contribution in [0.2, 0.25) is 0 Å². The van der Waals surface area contributed by atoms with Crippen LogP contribution in [0.25, 0.3) is 0 Å². The van der Waals surface area contributed by atoms with Gasteiger partial charge in [-0.2, -0.15) is 0 Å². The number of hydrogen-bond acceptors (Lipinski definition) is 2. The number of benzene rings is 1. The second kappa shape index (κ2) is 6.59. The first kappa shape index (κ1) is 12.2. The minimum Gasteiger partial charge on any atom is -0.391 e. The lowest BCUT2D eigenvalue weighted by Crippen LogP contribution is -2.18. The molecule has 15 heavy (non-hydrogen) atoms. The molecule has 0 spiro atoms. The lowest BCUT2D eigenvalue weighted by Gasteiger charge is -2.13. The first-order valence-electron chi connectivity index (χ1n) is 5.52. The third-order valence-electron chi connectivity index (χ3n) is 2.23. The van der Waals surface area contributed by atoms with E-state index in [0.29, 0.717) is 6.61 Å². The van der Waals surface area contributed by atoms with Gasteiger partial charge in [-0.1, -0.05) is 30.3 Å². The van der Waals surface area contributed by atoms with Gasteiger partial charge in [-0.05, 0) is 32.3 Å². The van der Waals surface area contributed by atoms with Gasteiger partial charge in [-0.25, -0.2) is 0 Å². The first-order valence-corrected chi connectivity index (χ1v) is 5.52. The van der Waals surface area contributed by atoms with Crippen molar-refractivity contribution in [1.82, 2.24) is 0 Å². The smallest absolute Gasteiger partial charge is 0.0777 e. The molecular weight excluding hydrogens is 188 g/mol. The van der Waals surface area contributed by atoms with Crippen LogP contribution in [-0.4, -0.2) is 23.9 Å². The highest BCUT2D eigenvalue weighted by Gasteiger charge is 2.05. The molecule has 1 atom stereocenters. The van der Waals surface area contributed by atoms with Crippen molar-refractivity contribution in [2.24, 2.45) is 0 Å². The number of aryl methyl sites for hydroxylation is 1. The summed E-state index contributed by atoms with van der Waals surface area (Å²) >= 11 is 0. The van der Waals surface area contributed by atoms with Gasteiger partial charge >= 0.3 is 0 Å². The molecule has 0 aromatic heterocycles. The highest BCUT2D eigenvalue weighted by Crippen LogP contribution is 2.05. The van der Waals surface area contributed by atoms with Crippen LogP contribution in [0.5, 0.6) is 0 Å². The quantitative estimate of drug-likeness (QED) is 0.778. The summed E-state index contributed by atoms with van der Waals surface area (Å²) in [6.07, 6.45) is 1.50. The van der Waals surface area contributed by atoms with E-state index in [1.165, 1.54) is 5.56 Å². The van der Waals surface area contributed by atoms with Gasteiger partial charge < -0.3 is 9.84 Å². The fraction of sp³-hybridized carbons (Fsp3) is 0.538. The average molecular weight is 208 g/mol. The maximum atomic E-state index is 9.63. The molecule has 1 aromatic carbocycles. The summed E-state index contributed by atoms with van der Waals surface area (Å²) in [5.41, 5.74) is 1.26. The summed E-state index contributed by atoms with van der Waals surface area (Å²) in [6, 6.07) is 10.2. The van der Waals surface area contributed by atoms with Crippen LogP contribution in [0.15, 0.2) is 30.3 Å². The van der Waals surface area contributed by atoms with Crippen LogP contribution >= 0.6 is 0 Å². The Morgan fingerprint density at radius 3 is 2.47 bits per heavy atom. The largest absolute Gasteiger partial charge is 0.391 e. The molecule has 0 radical (unpaired) electrons. The van der Waals surface area contributed by atoms with Gasteiger partial charge in [0.05, 0.1) is 18.8 Å². The summed E-state index contributed by atoms with van der Waals surface area (Å²) in [6.45, 7) is 4.39. The Morgan fingerprint density at radius 2 is 1.87 bits per heavy atom. The highest BCUT2D eigenvalue weighted by molar-refractivity contribution is 5.14. The van der Waals surface area contributed by atoms with Gasteiger partial charge in [0.2, 0.25) is 0 Å². The number of aliphatic hydroxyl groups is 1. The molecule has 0 aliphatic carbocycles. The van der Waals surface area contributed by atoms with Crippen molar-refractivity contribution in [2.45, 2.75) is 38.9 Å². The van der Waals surface area contributed by atoms with E-state index in [0.717, 1.165) is 12.8 Å². The first-order chi connectivity index (χ1) is 7.18. The van der Waals surface area contributed by atoms with E-state index >= 15 is 0 Å². The van der Waals surface area contributed by atoms with Crippen LogP contribution in [0.3, 0.4) is 0 Å². The van der Waals surface area contributed by atoms with E-state index in [9.17, 15) is 5.11 Å². The minimum atomic E-state index is -0.354. The predicted octanol–water partition coefficient (Wildman–Crippen LogP) is 2.41. The van der Waals surface area contributed by atoms with Crippen molar-refractivity contribution >= 4 is 0 Å². The lowest BCUT2D eigenvalue weighted by atomic mass is 10.1. The maximum Gasteiger partial charge on any atom is 0.0777 e. The fourth-order valence-electron chi connectivity index (χ4n) is 1.36. The Bertz CT molecular complexity index is 256. The minimum absolute atomic E-state index is 0.191. The molecule has 1 aromatic rings. The van der Waals surface area contributed by atoms with Gasteiger partial charge in [-0.15, -0.1) is 0 Å². The molecular formula is C13H20O2. The average Bonchev–Trinajstić information content (AvgIpc) is 2.25. The molecule has 84 valence electrons. The van der Waals surface area contributed by atoms with Gasteiger partial charge in [0, 0.05) is 0 Å². The molecule has 2 heteroatoms. The third-order valence-corrected chi connectivity index (χ3v) is 2.23. The third kappa shape index (κ3) is 5.55. The molecule has 2 nitrogen and oxygen atoms in total. The SMILES string of the molecule is CC(C)OCC(O)CCc1ccccc1. The zero-order valence-electron chi connectivity index (χ0n) is 9.52. The van der Waals surface area contributed by atoms with Crippen molar-refractivity contribution in [3.05, 3.63) is 35.9 Å². The zero-order valence-corrected chi connectivity index (χ0v) is 9.52. The summed E-state index contributed by atoms with van der Waals surface area (Å²) in [7, 11) is 0. The van der Waals surface area contributed by atoms with Crippen LogP contribution in [-0.2, 0) is 11.2 Å². The molecule has 0 bridgehead atoms. The Labute approximate surface area is 91.9 Å². The van der Waals surface area contributed by atoms with E-state index in [-0.39, 0.29) is 12.2 Å². The Balaban J connectivity index is 2.19. The van der Waals surface area contributed by atoms with Crippen molar-refractivity contribution in [1.29, 1.82) is 0 Å². The van der Waals surface area contributed by atoms with Crippen molar-refractivity contribution in [2.75, 3.05) is 6.61 Å². The normalized spacial score (nSPS) is 13.1. The van der Waals surface area contributed by atoms with Gasteiger partial charge in [0.25, 0.3) is 0 Å². The summed E-state index contributed by atoms with van der Waals surface area (Å²) in [4.78, 5) is 0. The summed E-state index contributed by atoms with van der Waals surface area (Å²) in [5, 5.41) is 9.63. The van der Waals surface area contributed by atoms with Gasteiger partial charge in [-0.3, -0.25) is 0 Å². The summed E-state index contributed by atoms with van der Waals surface area (Å²) in [5.74, 6) is 0. The van der Waals surface area contributed by atoms with Crippen molar-refractivity contribution in [3.63, 3.8) is 0 Å². The topological polar surface area (TPSA) is 29.5 Å². The molecule has 1 rings (SSSR count). The van der Waals surface area contributed by atoms with Crippen LogP contribution in [0, 0.1) is 0 Å². The molecule has 0 saturated heterocycles. The van der Waals surface area contributed by atoms with Gasteiger partial charge in [0.15, 0.2) is 0 Å². The molecule has 0 amide bonds. The standard InChI is InChI=1S/C13H20O2/c1-11(2)15-10-13(14)9-8-12-6-4-3-5-7-12/h3-7,11,13-14H,8-10H2,1-2H3. The second-order valence-electron chi connectivity index (χ2n) is 4.06. The molecule has 1 unspecified atom stereocenters. The molecule has 0 heterocycles. The van der Waals surface area contributed by atoms with Crippen LogP contribution in [0.4, 0.5) is 0 Å². The fourth-order valence-corrected chi connectivity index (χ4v) is 1.36. The molecule has 0 fully saturated rings. The van der Waals surface area contributed by atoms with Crippen molar-refractivity contribution < 1.29 is 9.84 Å². The van der Waals surface area contributed by atoms with Crippen LogP contribution < -0.4 is 0 Å². The van der Waals surface area contributed by atoms with E-state index < -0.39 is 0 Å². The number of hydrogen-bond donors (Lipinski definition) is 1. The monoisotopic (exact) mass is 208 g/mol. The predicted molar refractivity (Wildman–Crippen MR) is 61.9 cm³/mol. The zero-order chi connectivity index (χ0) is 11.1. The molecule has 0 aliphatic rings. The highest BCUT2D eigenvalue weighted by atomic mass is 16.5. The Morgan fingerprint density at radius 1 is 1.20 bits per heavy atom. The lowest BCUT2D eigenvalue weighted by molar-refractivity contribution is 0.00287. The Hall–Kier alpha value is -0.860. The van der Waals surface area contributed by atoms with Crippen LogP contribution in [0.1, 0.15) is 25.8 Å². The van der Waals surface area contributed by atoms with E-state index in [1.54, 1.807) is 0 Å². The van der Waals surface area contributed by atoms with Crippen molar-refractivity contribution in [3.8, 4) is 0 Å². The molecule has 1 N–H and O–H groups in total. The molecule has 0 saturated carbocycles. The van der Waals surface area contributed by atoms with E-state index in [1.807, 2.05) is 32.0 Å². The maximum absolute atomic E-state index is 9.63. The second-order valence-corrected chi connectivity index (χ2v) is 4.06. The molecule has 0 aliphatic heterocycles. The number of aliphatic hydroxyl groups excluding tert-OH is 1. The van der Waals surface area contributed by atoms with E-state index in [4.69, 9.17) is 4.74 Å². The Kier molecular flexibility index (Phi) is 5.37. The van der Waals surface area contributed by atoms with Gasteiger partial charge in [0.1, 0.15) is 0 Å². The van der Waals surface area contributed by atoms with E-state index in [2.05, 4.69) is 12.1 Å².